The second kappa shape index (κ2) is 14.5. The Morgan fingerprint density at radius 1 is 0.975 bits per heavy atom. The molecule has 1 N–H and O–H groups in total. The van der Waals surface area contributed by atoms with Gasteiger partial charge < -0.3 is 10.2 Å². The van der Waals surface area contributed by atoms with Crippen LogP contribution in [0.5, 0.6) is 0 Å². The summed E-state index contributed by atoms with van der Waals surface area (Å²) in [5.74, 6) is -1.89. The Balaban J connectivity index is 2.06. The molecule has 0 fully saturated rings. The van der Waals surface area contributed by atoms with E-state index in [4.69, 9.17) is 23.2 Å². The molecule has 0 unspecified atom stereocenters. The summed E-state index contributed by atoms with van der Waals surface area (Å²) in [7, 11) is -4.36. The largest absolute Gasteiger partial charge is 0.354 e. The average Bonchev–Trinajstić information content (AvgIpc) is 2.93. The standard InChI is InChI=1S/C29H32Cl2FN3O4S/c1-3-5-17-33-29(37)26(4-2)34(19-21-15-16-22(30)18-24(21)31)28(36)20-35(27-14-10-9-13-25(27)32)40(38,39)23-11-7-6-8-12-23/h6-16,18,26H,3-5,17,19-20H2,1-2H3,(H,33,37)/t26-/m1/s1. The van der Waals surface area contributed by atoms with Gasteiger partial charge in [-0.1, -0.05) is 79.9 Å². The van der Waals surface area contributed by atoms with Gasteiger partial charge in [-0.3, -0.25) is 13.9 Å². The lowest BCUT2D eigenvalue weighted by Crippen LogP contribution is -2.52. The number of hydrogen-bond donors (Lipinski definition) is 1. The van der Waals surface area contributed by atoms with Gasteiger partial charge in [-0.2, -0.15) is 0 Å². The van der Waals surface area contributed by atoms with Crippen molar-refractivity contribution in [2.24, 2.45) is 0 Å². The molecule has 0 saturated carbocycles. The van der Waals surface area contributed by atoms with Crippen molar-refractivity contribution in [3.05, 3.63) is 94.2 Å². The third-order valence-corrected chi connectivity index (χ3v) is 8.66. The van der Waals surface area contributed by atoms with E-state index in [0.29, 0.717) is 17.1 Å². The molecule has 0 saturated heterocycles. The van der Waals surface area contributed by atoms with Crippen LogP contribution >= 0.6 is 23.2 Å². The molecular weight excluding hydrogens is 576 g/mol. The lowest BCUT2D eigenvalue weighted by molar-refractivity contribution is -0.140. The predicted molar refractivity (Wildman–Crippen MR) is 156 cm³/mol. The Morgan fingerprint density at radius 2 is 1.65 bits per heavy atom. The molecule has 214 valence electrons. The number of anilines is 1. The molecule has 0 aliphatic heterocycles. The minimum Gasteiger partial charge on any atom is -0.354 e. The highest BCUT2D eigenvalue weighted by Gasteiger charge is 2.34. The molecule has 0 radical (unpaired) electrons. The van der Waals surface area contributed by atoms with Crippen molar-refractivity contribution < 1.29 is 22.4 Å². The molecule has 11 heteroatoms. The summed E-state index contributed by atoms with van der Waals surface area (Å²) in [5.41, 5.74) is 0.229. The first-order valence-electron chi connectivity index (χ1n) is 12.9. The van der Waals surface area contributed by atoms with Crippen molar-refractivity contribution in [1.82, 2.24) is 10.2 Å². The summed E-state index contributed by atoms with van der Waals surface area (Å²) in [6.07, 6.45) is 1.88. The van der Waals surface area contributed by atoms with Crippen molar-refractivity contribution in [3.8, 4) is 0 Å². The number of carbonyl (C=O) groups excluding carboxylic acids is 2. The average molecular weight is 609 g/mol. The van der Waals surface area contributed by atoms with Crippen LogP contribution in [0.1, 0.15) is 38.7 Å². The fourth-order valence-corrected chi connectivity index (χ4v) is 6.06. The van der Waals surface area contributed by atoms with Crippen molar-refractivity contribution in [3.63, 3.8) is 0 Å². The van der Waals surface area contributed by atoms with Crippen molar-refractivity contribution in [2.45, 2.75) is 50.6 Å². The van der Waals surface area contributed by atoms with E-state index in [1.807, 2.05) is 6.92 Å². The maximum atomic E-state index is 15.0. The monoisotopic (exact) mass is 607 g/mol. The normalized spacial score (nSPS) is 12.0. The molecule has 0 aromatic heterocycles. The second-order valence-electron chi connectivity index (χ2n) is 9.10. The van der Waals surface area contributed by atoms with Gasteiger partial charge in [0.15, 0.2) is 0 Å². The van der Waals surface area contributed by atoms with E-state index in [9.17, 15) is 22.4 Å². The number of hydrogen-bond acceptors (Lipinski definition) is 4. The van der Waals surface area contributed by atoms with Crippen LogP contribution in [0.3, 0.4) is 0 Å². The Bertz CT molecular complexity index is 1420. The molecule has 0 aliphatic rings. The van der Waals surface area contributed by atoms with Gasteiger partial charge in [-0.05, 0) is 54.8 Å². The molecule has 3 aromatic rings. The van der Waals surface area contributed by atoms with Crippen LogP contribution in [0.25, 0.3) is 0 Å². The Labute approximate surface area is 244 Å². The number of unbranched alkanes of at least 4 members (excludes halogenated alkanes) is 1. The van der Waals surface area contributed by atoms with Gasteiger partial charge in [0.25, 0.3) is 10.0 Å². The zero-order valence-corrected chi connectivity index (χ0v) is 24.6. The molecule has 0 spiro atoms. The molecule has 2 amide bonds. The summed E-state index contributed by atoms with van der Waals surface area (Å²) in [6.45, 7) is 3.34. The summed E-state index contributed by atoms with van der Waals surface area (Å²) in [5, 5.41) is 3.54. The van der Waals surface area contributed by atoms with E-state index in [-0.39, 0.29) is 34.5 Å². The number of rotatable bonds is 13. The maximum absolute atomic E-state index is 15.0. The van der Waals surface area contributed by atoms with Gasteiger partial charge in [0, 0.05) is 23.1 Å². The Kier molecular flexibility index (Phi) is 11.4. The van der Waals surface area contributed by atoms with Crippen LogP contribution in [0.2, 0.25) is 10.0 Å². The highest BCUT2D eigenvalue weighted by atomic mass is 35.5. The number of nitrogens with one attached hydrogen (secondary N) is 1. The first-order chi connectivity index (χ1) is 19.1. The van der Waals surface area contributed by atoms with Crippen LogP contribution < -0.4 is 9.62 Å². The van der Waals surface area contributed by atoms with Gasteiger partial charge in [-0.25, -0.2) is 12.8 Å². The van der Waals surface area contributed by atoms with Gasteiger partial charge in [0.1, 0.15) is 18.4 Å². The fourth-order valence-electron chi connectivity index (χ4n) is 4.15. The minimum atomic E-state index is -4.36. The first kappa shape index (κ1) is 31.4. The fraction of sp³-hybridized carbons (Fsp3) is 0.310. The van der Waals surface area contributed by atoms with Crippen molar-refractivity contribution >= 4 is 50.7 Å². The number of nitrogens with zero attached hydrogens (tertiary/aromatic N) is 2. The van der Waals surface area contributed by atoms with Crippen LogP contribution in [-0.4, -0.2) is 44.3 Å². The topological polar surface area (TPSA) is 86.8 Å². The van der Waals surface area contributed by atoms with Crippen LogP contribution in [0.4, 0.5) is 10.1 Å². The maximum Gasteiger partial charge on any atom is 0.264 e. The van der Waals surface area contributed by atoms with Gasteiger partial charge in [0.05, 0.1) is 10.6 Å². The molecule has 0 bridgehead atoms. The van der Waals surface area contributed by atoms with Crippen LogP contribution in [0, 0.1) is 5.82 Å². The Morgan fingerprint density at radius 3 is 2.27 bits per heavy atom. The summed E-state index contributed by atoms with van der Waals surface area (Å²) < 4.78 is 43.1. The third-order valence-electron chi connectivity index (χ3n) is 6.30. The molecule has 0 aliphatic carbocycles. The van der Waals surface area contributed by atoms with Crippen molar-refractivity contribution in [2.75, 3.05) is 17.4 Å². The molecule has 3 rings (SSSR count). The van der Waals surface area contributed by atoms with E-state index in [0.717, 1.165) is 23.2 Å². The summed E-state index contributed by atoms with van der Waals surface area (Å²) in [6, 6.07) is 16.6. The quantitative estimate of drug-likeness (QED) is 0.240. The Hall–Kier alpha value is -3.14. The predicted octanol–water partition coefficient (Wildman–Crippen LogP) is 6.05. The number of carbonyl (C=O) groups is 2. The van der Waals surface area contributed by atoms with Crippen LogP contribution in [0.15, 0.2) is 77.7 Å². The molecule has 40 heavy (non-hydrogen) atoms. The molecule has 0 heterocycles. The van der Waals surface area contributed by atoms with Crippen molar-refractivity contribution in [1.29, 1.82) is 0 Å². The number of amides is 2. The van der Waals surface area contributed by atoms with E-state index in [1.54, 1.807) is 25.1 Å². The molecular formula is C29H32Cl2FN3O4S. The van der Waals surface area contributed by atoms with Gasteiger partial charge >= 0.3 is 0 Å². The minimum absolute atomic E-state index is 0.0922. The van der Waals surface area contributed by atoms with Gasteiger partial charge in [0.2, 0.25) is 11.8 Å². The van der Waals surface area contributed by atoms with Gasteiger partial charge in [-0.15, -0.1) is 0 Å². The number of halogens is 3. The SMILES string of the molecule is CCCCNC(=O)[C@@H](CC)N(Cc1ccc(Cl)cc1Cl)C(=O)CN(c1ccccc1F)S(=O)(=O)c1ccccc1. The van der Waals surface area contributed by atoms with E-state index >= 15 is 0 Å². The highest BCUT2D eigenvalue weighted by molar-refractivity contribution is 7.92. The summed E-state index contributed by atoms with van der Waals surface area (Å²) in [4.78, 5) is 28.4. The smallest absolute Gasteiger partial charge is 0.264 e. The van der Waals surface area contributed by atoms with Crippen LogP contribution in [-0.2, 0) is 26.2 Å². The summed E-state index contributed by atoms with van der Waals surface area (Å²) >= 11 is 12.5. The zero-order valence-electron chi connectivity index (χ0n) is 22.3. The second-order valence-corrected chi connectivity index (χ2v) is 11.8. The molecule has 1 atom stereocenters. The van der Waals surface area contributed by atoms with E-state index in [2.05, 4.69) is 5.32 Å². The first-order valence-corrected chi connectivity index (χ1v) is 15.1. The van der Waals surface area contributed by atoms with E-state index < -0.39 is 34.3 Å². The lowest BCUT2D eigenvalue weighted by atomic mass is 10.1. The highest BCUT2D eigenvalue weighted by Crippen LogP contribution is 2.28. The number of benzene rings is 3. The third kappa shape index (κ3) is 7.74. The zero-order chi connectivity index (χ0) is 29.3. The van der Waals surface area contributed by atoms with E-state index in [1.165, 1.54) is 53.4 Å². The number of para-hydroxylation sites is 1. The lowest BCUT2D eigenvalue weighted by Gasteiger charge is -2.33. The number of sulfonamides is 1. The molecule has 3 aromatic carbocycles. The molecule has 7 nitrogen and oxygen atoms in total.